The fourth-order valence-corrected chi connectivity index (χ4v) is 5.01. The number of benzene rings is 1. The molecule has 5 heteroatoms. The predicted molar refractivity (Wildman–Crippen MR) is 107 cm³/mol. The van der Waals surface area contributed by atoms with E-state index < -0.39 is 5.54 Å². The van der Waals surface area contributed by atoms with Crippen LogP contribution < -0.4 is 11.5 Å². The largest absolute Gasteiger partial charge is 0.330 e. The van der Waals surface area contributed by atoms with Gasteiger partial charge >= 0.3 is 0 Å². The van der Waals surface area contributed by atoms with Gasteiger partial charge < -0.3 is 15.9 Å². The molecule has 2 aliphatic carbocycles. The first-order valence-corrected chi connectivity index (χ1v) is 10.0. The molecule has 1 fully saturated rings. The zero-order valence-electron chi connectivity index (χ0n) is 14.7. The number of rotatable bonds is 4. The first kappa shape index (κ1) is 16.5. The Labute approximate surface area is 161 Å². The maximum atomic E-state index is 7.15. The highest BCUT2D eigenvalue weighted by Crippen LogP contribution is 2.57. The van der Waals surface area contributed by atoms with Crippen LogP contribution in [0.15, 0.2) is 53.3 Å². The van der Waals surface area contributed by atoms with Gasteiger partial charge in [0, 0.05) is 22.8 Å². The number of imidazole rings is 1. The number of nitrogens with two attached hydrogens (primary N) is 2. The Bertz CT molecular complexity index is 958. The Balaban J connectivity index is 1.63. The van der Waals surface area contributed by atoms with E-state index in [2.05, 4.69) is 44.7 Å². The minimum absolute atomic E-state index is 0.251. The Kier molecular flexibility index (Phi) is 3.58. The van der Waals surface area contributed by atoms with Crippen LogP contribution in [0.5, 0.6) is 0 Å². The molecule has 1 saturated carbocycles. The summed E-state index contributed by atoms with van der Waals surface area (Å²) in [4.78, 5) is 4.89. The summed E-state index contributed by atoms with van der Waals surface area (Å²) in [7, 11) is 0. The normalized spacial score (nSPS) is 26.2. The van der Waals surface area contributed by atoms with Crippen molar-refractivity contribution in [2.45, 2.75) is 37.1 Å². The summed E-state index contributed by atoms with van der Waals surface area (Å²) in [6.07, 6.45) is 8.43. The zero-order chi connectivity index (χ0) is 17.9. The number of hydrogen-bond acceptors (Lipinski definition) is 3. The summed E-state index contributed by atoms with van der Waals surface area (Å²) in [5.74, 6) is 0.251. The smallest absolute Gasteiger partial charge is 0.137 e. The van der Waals surface area contributed by atoms with Crippen molar-refractivity contribution in [2.75, 3.05) is 6.54 Å². The van der Waals surface area contributed by atoms with Gasteiger partial charge in [-0.05, 0) is 73.0 Å². The fraction of sp³-hybridized carbons (Fsp3) is 0.381. The quantitative estimate of drug-likeness (QED) is 0.688. The van der Waals surface area contributed by atoms with Gasteiger partial charge in [-0.1, -0.05) is 28.1 Å². The number of fused-ring (bicyclic) bond motifs is 2. The molecule has 4 nitrogen and oxygen atoms in total. The summed E-state index contributed by atoms with van der Waals surface area (Å²) in [5, 5.41) is 0. The number of halogens is 1. The van der Waals surface area contributed by atoms with E-state index in [0.29, 0.717) is 0 Å². The van der Waals surface area contributed by atoms with E-state index in [-0.39, 0.29) is 11.3 Å². The van der Waals surface area contributed by atoms with Crippen LogP contribution in [0.25, 0.3) is 5.65 Å². The highest BCUT2D eigenvalue weighted by molar-refractivity contribution is 9.10. The van der Waals surface area contributed by atoms with Crippen molar-refractivity contribution >= 4 is 21.6 Å². The van der Waals surface area contributed by atoms with Gasteiger partial charge in [-0.3, -0.25) is 0 Å². The highest BCUT2D eigenvalue weighted by Gasteiger charge is 2.52. The molecule has 3 aromatic rings. The molecule has 0 bridgehead atoms. The zero-order valence-corrected chi connectivity index (χ0v) is 16.2. The average molecular weight is 411 g/mol. The van der Waals surface area contributed by atoms with Crippen LogP contribution in [-0.2, 0) is 12.0 Å². The van der Waals surface area contributed by atoms with Crippen molar-refractivity contribution in [3.8, 4) is 0 Å². The molecule has 26 heavy (non-hydrogen) atoms. The summed E-state index contributed by atoms with van der Waals surface area (Å²) >= 11 is 3.61. The van der Waals surface area contributed by atoms with Gasteiger partial charge in [0.25, 0.3) is 0 Å². The SMILES string of the molecule is NCC1(CC2c3ccc(Br)cc3CC2(N)c2cn3ccccc3n2)CC1. The third kappa shape index (κ3) is 2.45. The van der Waals surface area contributed by atoms with E-state index in [4.69, 9.17) is 16.5 Å². The van der Waals surface area contributed by atoms with Crippen molar-refractivity contribution in [2.24, 2.45) is 16.9 Å². The monoisotopic (exact) mass is 410 g/mol. The first-order valence-electron chi connectivity index (χ1n) is 9.25. The van der Waals surface area contributed by atoms with E-state index in [0.717, 1.165) is 35.2 Å². The van der Waals surface area contributed by atoms with Crippen LogP contribution in [-0.4, -0.2) is 15.9 Å². The van der Waals surface area contributed by atoms with Crippen molar-refractivity contribution in [3.05, 3.63) is 70.1 Å². The minimum Gasteiger partial charge on any atom is -0.330 e. The molecular weight excluding hydrogens is 388 g/mol. The van der Waals surface area contributed by atoms with Crippen LogP contribution in [0.2, 0.25) is 0 Å². The van der Waals surface area contributed by atoms with E-state index in [1.807, 2.05) is 24.4 Å². The molecule has 2 unspecified atom stereocenters. The van der Waals surface area contributed by atoms with Crippen LogP contribution in [0.1, 0.15) is 42.0 Å². The summed E-state index contributed by atoms with van der Waals surface area (Å²) in [5.41, 5.74) is 17.7. The average Bonchev–Trinajstić information content (AvgIpc) is 3.18. The molecule has 0 saturated heterocycles. The minimum atomic E-state index is -0.486. The lowest BCUT2D eigenvalue weighted by Crippen LogP contribution is -2.42. The Hall–Kier alpha value is -1.69. The van der Waals surface area contributed by atoms with Gasteiger partial charge in [0.05, 0.1) is 11.2 Å². The van der Waals surface area contributed by atoms with Gasteiger partial charge in [0.15, 0.2) is 0 Å². The van der Waals surface area contributed by atoms with Crippen molar-refractivity contribution in [3.63, 3.8) is 0 Å². The second-order valence-corrected chi connectivity index (χ2v) is 9.03. The lowest BCUT2D eigenvalue weighted by atomic mass is 9.76. The van der Waals surface area contributed by atoms with E-state index in [1.54, 1.807) is 0 Å². The van der Waals surface area contributed by atoms with Gasteiger partial charge in [0.2, 0.25) is 0 Å². The Morgan fingerprint density at radius 1 is 1.23 bits per heavy atom. The van der Waals surface area contributed by atoms with Crippen LogP contribution in [0.3, 0.4) is 0 Å². The molecule has 2 aliphatic rings. The second kappa shape index (κ2) is 5.65. The standard InChI is InChI=1S/C21H23BrN4/c22-15-4-5-16-14(9-15)10-21(24,17(16)11-20(13-23)6-7-20)18-12-26-8-2-1-3-19(26)25-18/h1-5,8-9,12,17H,6-7,10-11,13,23-24H2. The predicted octanol–water partition coefficient (Wildman–Crippen LogP) is 3.72. The van der Waals surface area contributed by atoms with Crippen LogP contribution in [0, 0.1) is 5.41 Å². The van der Waals surface area contributed by atoms with Gasteiger partial charge in [-0.15, -0.1) is 0 Å². The Morgan fingerprint density at radius 3 is 2.81 bits per heavy atom. The molecule has 0 spiro atoms. The third-order valence-corrected chi connectivity index (χ3v) is 6.95. The maximum Gasteiger partial charge on any atom is 0.137 e. The first-order chi connectivity index (χ1) is 12.5. The summed E-state index contributed by atoms with van der Waals surface area (Å²) in [6.45, 7) is 0.747. The topological polar surface area (TPSA) is 69.3 Å². The summed E-state index contributed by atoms with van der Waals surface area (Å²) < 4.78 is 3.17. The molecule has 2 heterocycles. The highest BCUT2D eigenvalue weighted by atomic mass is 79.9. The lowest BCUT2D eigenvalue weighted by Gasteiger charge is -2.33. The van der Waals surface area contributed by atoms with E-state index in [1.165, 1.54) is 24.0 Å². The molecule has 1 aromatic carbocycles. The Morgan fingerprint density at radius 2 is 2.08 bits per heavy atom. The van der Waals surface area contributed by atoms with Gasteiger partial charge in [-0.25, -0.2) is 4.98 Å². The van der Waals surface area contributed by atoms with E-state index >= 15 is 0 Å². The number of aromatic nitrogens is 2. The molecule has 0 amide bonds. The van der Waals surface area contributed by atoms with Crippen molar-refractivity contribution < 1.29 is 0 Å². The second-order valence-electron chi connectivity index (χ2n) is 8.11. The molecule has 134 valence electrons. The van der Waals surface area contributed by atoms with Crippen molar-refractivity contribution in [1.29, 1.82) is 0 Å². The van der Waals surface area contributed by atoms with Crippen LogP contribution in [0.4, 0.5) is 0 Å². The molecule has 5 rings (SSSR count). The molecule has 2 atom stereocenters. The number of pyridine rings is 1. The van der Waals surface area contributed by atoms with Gasteiger partial charge in [0.1, 0.15) is 5.65 Å². The third-order valence-electron chi connectivity index (χ3n) is 6.45. The summed E-state index contributed by atoms with van der Waals surface area (Å²) in [6, 6.07) is 12.6. The van der Waals surface area contributed by atoms with E-state index in [9.17, 15) is 0 Å². The van der Waals surface area contributed by atoms with Crippen molar-refractivity contribution in [1.82, 2.24) is 9.38 Å². The fourth-order valence-electron chi connectivity index (χ4n) is 4.60. The molecule has 0 radical (unpaired) electrons. The molecular formula is C21H23BrN4. The molecule has 0 aliphatic heterocycles. The lowest BCUT2D eigenvalue weighted by molar-refractivity contribution is 0.302. The maximum absolute atomic E-state index is 7.15. The molecule has 2 aromatic heterocycles. The number of nitrogens with zero attached hydrogens (tertiary/aromatic N) is 2. The number of hydrogen-bond donors (Lipinski definition) is 2. The van der Waals surface area contributed by atoms with Crippen LogP contribution >= 0.6 is 15.9 Å². The van der Waals surface area contributed by atoms with Gasteiger partial charge in [-0.2, -0.15) is 0 Å². The molecule has 4 N–H and O–H groups in total.